The van der Waals surface area contributed by atoms with E-state index in [-0.39, 0.29) is 5.56 Å². The van der Waals surface area contributed by atoms with E-state index in [1.807, 2.05) is 17.5 Å². The van der Waals surface area contributed by atoms with Gasteiger partial charge in [-0.3, -0.25) is 9.69 Å². The Bertz CT molecular complexity index is 1020. The normalized spacial score (nSPS) is 11.6. The molecule has 4 heterocycles. The lowest BCUT2D eigenvalue weighted by Crippen LogP contribution is -2.24. The fourth-order valence-corrected chi connectivity index (χ4v) is 4.49. The number of furan rings is 1. The molecular formula is C18H17N3O2S2. The molecule has 4 rings (SSSR count). The van der Waals surface area contributed by atoms with Gasteiger partial charge in [0, 0.05) is 22.4 Å². The predicted octanol–water partition coefficient (Wildman–Crippen LogP) is 4.33. The standard InChI is InChI=1S/C18H17N3O2S2/c1-2-21(9-12-5-4-8-24-12)10-15-19-17(22)16-13(11-25-18(16)20-15)14-6-3-7-23-14/h3-8,11H,2,9-10H2,1H3,(H,19,20,22). The highest BCUT2D eigenvalue weighted by Crippen LogP contribution is 2.30. The zero-order chi connectivity index (χ0) is 17.2. The summed E-state index contributed by atoms with van der Waals surface area (Å²) in [4.78, 5) is 24.5. The number of rotatable bonds is 6. The lowest BCUT2D eigenvalue weighted by atomic mass is 10.2. The van der Waals surface area contributed by atoms with Crippen molar-refractivity contribution in [2.24, 2.45) is 0 Å². The molecule has 0 bridgehead atoms. The molecule has 0 fully saturated rings. The van der Waals surface area contributed by atoms with Gasteiger partial charge in [-0.25, -0.2) is 4.98 Å². The van der Waals surface area contributed by atoms with Gasteiger partial charge in [0.2, 0.25) is 0 Å². The van der Waals surface area contributed by atoms with Crippen LogP contribution in [0.4, 0.5) is 0 Å². The van der Waals surface area contributed by atoms with Gasteiger partial charge in [-0.1, -0.05) is 13.0 Å². The van der Waals surface area contributed by atoms with Crippen LogP contribution in [0.3, 0.4) is 0 Å². The van der Waals surface area contributed by atoms with E-state index in [0.29, 0.717) is 23.5 Å². The highest BCUT2D eigenvalue weighted by molar-refractivity contribution is 7.17. The number of aromatic amines is 1. The summed E-state index contributed by atoms with van der Waals surface area (Å²) in [6.07, 6.45) is 1.61. The van der Waals surface area contributed by atoms with Crippen LogP contribution < -0.4 is 5.56 Å². The smallest absolute Gasteiger partial charge is 0.260 e. The number of fused-ring (bicyclic) bond motifs is 1. The summed E-state index contributed by atoms with van der Waals surface area (Å²) in [7, 11) is 0. The van der Waals surface area contributed by atoms with Crippen LogP contribution in [0, 0.1) is 0 Å². The Balaban J connectivity index is 1.64. The molecule has 0 saturated carbocycles. The molecule has 0 amide bonds. The number of nitrogens with one attached hydrogen (secondary N) is 1. The lowest BCUT2D eigenvalue weighted by molar-refractivity contribution is 0.267. The lowest BCUT2D eigenvalue weighted by Gasteiger charge is -2.18. The SMILES string of the molecule is CCN(Cc1nc2scc(-c3ccco3)c2c(=O)[nH]1)Cc1cccs1. The molecule has 1 N–H and O–H groups in total. The van der Waals surface area contributed by atoms with E-state index in [9.17, 15) is 4.79 Å². The van der Waals surface area contributed by atoms with Gasteiger partial charge in [0.15, 0.2) is 0 Å². The summed E-state index contributed by atoms with van der Waals surface area (Å²) in [5.41, 5.74) is 0.691. The fraction of sp³-hybridized carbons (Fsp3) is 0.222. The van der Waals surface area contributed by atoms with Crippen LogP contribution >= 0.6 is 22.7 Å². The third kappa shape index (κ3) is 3.30. The summed E-state index contributed by atoms with van der Waals surface area (Å²) in [6, 6.07) is 7.86. The third-order valence-electron chi connectivity index (χ3n) is 4.06. The zero-order valence-corrected chi connectivity index (χ0v) is 15.3. The van der Waals surface area contributed by atoms with Crippen molar-refractivity contribution in [2.45, 2.75) is 20.0 Å². The first-order valence-electron chi connectivity index (χ1n) is 8.03. The van der Waals surface area contributed by atoms with E-state index in [4.69, 9.17) is 4.42 Å². The number of hydrogen-bond acceptors (Lipinski definition) is 6. The second-order valence-corrected chi connectivity index (χ2v) is 7.59. The van der Waals surface area contributed by atoms with Gasteiger partial charge in [0.25, 0.3) is 5.56 Å². The monoisotopic (exact) mass is 371 g/mol. The van der Waals surface area contributed by atoms with E-state index in [0.717, 1.165) is 23.5 Å². The predicted molar refractivity (Wildman–Crippen MR) is 102 cm³/mol. The Morgan fingerprint density at radius 3 is 2.88 bits per heavy atom. The van der Waals surface area contributed by atoms with Crippen molar-refractivity contribution in [2.75, 3.05) is 6.54 Å². The number of hydrogen-bond donors (Lipinski definition) is 1. The topological polar surface area (TPSA) is 62.1 Å². The zero-order valence-electron chi connectivity index (χ0n) is 13.7. The molecule has 0 aliphatic carbocycles. The first kappa shape index (κ1) is 16.3. The highest BCUT2D eigenvalue weighted by atomic mass is 32.1. The molecule has 0 radical (unpaired) electrons. The van der Waals surface area contributed by atoms with Gasteiger partial charge < -0.3 is 9.40 Å². The molecule has 7 heteroatoms. The van der Waals surface area contributed by atoms with Crippen LogP contribution in [-0.2, 0) is 13.1 Å². The van der Waals surface area contributed by atoms with Crippen LogP contribution in [0.1, 0.15) is 17.6 Å². The minimum Gasteiger partial charge on any atom is -0.464 e. The Hall–Kier alpha value is -2.22. The van der Waals surface area contributed by atoms with Gasteiger partial charge in [-0.2, -0.15) is 0 Å². The third-order valence-corrected chi connectivity index (χ3v) is 5.79. The van der Waals surface area contributed by atoms with E-state index in [1.165, 1.54) is 16.2 Å². The summed E-state index contributed by atoms with van der Waals surface area (Å²) in [6.45, 7) is 4.48. The summed E-state index contributed by atoms with van der Waals surface area (Å²) in [5.74, 6) is 1.39. The van der Waals surface area contributed by atoms with Crippen molar-refractivity contribution >= 4 is 32.9 Å². The molecule has 0 spiro atoms. The molecule has 0 unspecified atom stereocenters. The van der Waals surface area contributed by atoms with Crippen molar-refractivity contribution in [3.63, 3.8) is 0 Å². The largest absolute Gasteiger partial charge is 0.464 e. The van der Waals surface area contributed by atoms with Crippen molar-refractivity contribution in [3.8, 4) is 11.3 Å². The highest BCUT2D eigenvalue weighted by Gasteiger charge is 2.15. The van der Waals surface area contributed by atoms with Crippen LogP contribution in [0.5, 0.6) is 0 Å². The van der Waals surface area contributed by atoms with E-state index in [2.05, 4.69) is 39.3 Å². The first-order chi connectivity index (χ1) is 12.2. The molecule has 4 aromatic rings. The second kappa shape index (κ2) is 6.95. The average Bonchev–Trinajstić information content (AvgIpc) is 3.35. The van der Waals surface area contributed by atoms with Gasteiger partial charge in [0.1, 0.15) is 16.4 Å². The maximum Gasteiger partial charge on any atom is 0.260 e. The van der Waals surface area contributed by atoms with Gasteiger partial charge in [0.05, 0.1) is 18.2 Å². The molecule has 0 aromatic carbocycles. The fourth-order valence-electron chi connectivity index (χ4n) is 2.80. The number of H-pyrrole nitrogens is 1. The van der Waals surface area contributed by atoms with E-state index < -0.39 is 0 Å². The Kier molecular flexibility index (Phi) is 4.52. The van der Waals surface area contributed by atoms with Crippen molar-refractivity contribution in [3.05, 3.63) is 62.3 Å². The van der Waals surface area contributed by atoms with Crippen LogP contribution in [0.25, 0.3) is 21.5 Å². The first-order valence-corrected chi connectivity index (χ1v) is 9.79. The van der Waals surface area contributed by atoms with Crippen LogP contribution in [-0.4, -0.2) is 21.4 Å². The molecule has 4 aromatic heterocycles. The minimum atomic E-state index is -0.111. The molecule has 5 nitrogen and oxygen atoms in total. The minimum absolute atomic E-state index is 0.111. The summed E-state index contributed by atoms with van der Waals surface area (Å²) in [5, 5.41) is 4.61. The molecule has 0 saturated heterocycles. The van der Waals surface area contributed by atoms with Gasteiger partial charge in [-0.05, 0) is 30.1 Å². The summed E-state index contributed by atoms with van der Waals surface area (Å²) >= 11 is 3.22. The molecule has 25 heavy (non-hydrogen) atoms. The number of nitrogens with zero attached hydrogens (tertiary/aromatic N) is 2. The van der Waals surface area contributed by atoms with E-state index in [1.54, 1.807) is 17.6 Å². The van der Waals surface area contributed by atoms with Crippen molar-refractivity contribution in [1.82, 2.24) is 14.9 Å². The average molecular weight is 371 g/mol. The van der Waals surface area contributed by atoms with Crippen LogP contribution in [0.15, 0.2) is 50.5 Å². The van der Waals surface area contributed by atoms with Crippen molar-refractivity contribution in [1.29, 1.82) is 0 Å². The Morgan fingerprint density at radius 1 is 1.24 bits per heavy atom. The maximum atomic E-state index is 12.6. The quantitative estimate of drug-likeness (QED) is 0.548. The number of thiophene rings is 2. The second-order valence-electron chi connectivity index (χ2n) is 5.70. The Morgan fingerprint density at radius 2 is 2.16 bits per heavy atom. The van der Waals surface area contributed by atoms with E-state index >= 15 is 0 Å². The Labute approximate surface area is 152 Å². The molecule has 0 aliphatic heterocycles. The molecule has 128 valence electrons. The summed E-state index contributed by atoms with van der Waals surface area (Å²) < 4.78 is 5.43. The van der Waals surface area contributed by atoms with Crippen LogP contribution in [0.2, 0.25) is 0 Å². The number of aromatic nitrogens is 2. The molecule has 0 aliphatic rings. The van der Waals surface area contributed by atoms with Gasteiger partial charge >= 0.3 is 0 Å². The molecule has 0 atom stereocenters. The van der Waals surface area contributed by atoms with Crippen molar-refractivity contribution < 1.29 is 4.42 Å². The molecular weight excluding hydrogens is 354 g/mol. The maximum absolute atomic E-state index is 12.6. The van der Waals surface area contributed by atoms with Gasteiger partial charge in [-0.15, -0.1) is 22.7 Å².